The fraction of sp³-hybridized carbons (Fsp3) is 0.429. The Hall–Kier alpha value is -1.89. The summed E-state index contributed by atoms with van der Waals surface area (Å²) in [7, 11) is 0. The molecule has 1 heterocycles. The number of likely N-dealkylation sites (tertiary alicyclic amines) is 1. The van der Waals surface area contributed by atoms with Crippen molar-refractivity contribution in [1.82, 2.24) is 15.5 Å². The Morgan fingerprint density at radius 2 is 1.95 bits per heavy atom. The zero-order valence-electron chi connectivity index (χ0n) is 11.9. The van der Waals surface area contributed by atoms with Crippen LogP contribution in [0, 0.1) is 10.8 Å². The van der Waals surface area contributed by atoms with E-state index < -0.39 is 5.92 Å². The van der Waals surface area contributed by atoms with Gasteiger partial charge in [-0.15, -0.1) is 0 Å². The molecule has 0 aromatic heterocycles. The lowest BCUT2D eigenvalue weighted by atomic mass is 10.1. The van der Waals surface area contributed by atoms with E-state index in [4.69, 9.17) is 22.4 Å². The van der Waals surface area contributed by atoms with E-state index in [0.29, 0.717) is 11.6 Å². The second-order valence-corrected chi connectivity index (χ2v) is 5.61. The van der Waals surface area contributed by atoms with Gasteiger partial charge in [0.25, 0.3) is 5.92 Å². The number of nitrogens with one attached hydrogen (secondary N) is 4. The molecule has 2 rings (SSSR count). The van der Waals surface area contributed by atoms with Crippen molar-refractivity contribution in [2.75, 3.05) is 13.1 Å². The van der Waals surface area contributed by atoms with Gasteiger partial charge in [-0.25, -0.2) is 8.78 Å². The van der Waals surface area contributed by atoms with E-state index in [0.717, 1.165) is 5.56 Å². The first-order valence-electron chi connectivity index (χ1n) is 6.91. The van der Waals surface area contributed by atoms with Gasteiger partial charge in [-0.05, 0) is 17.7 Å². The Kier molecular flexibility index (Phi) is 5.18. The Balaban J connectivity index is 1.76. The van der Waals surface area contributed by atoms with Gasteiger partial charge in [0.05, 0.1) is 0 Å². The van der Waals surface area contributed by atoms with Crippen molar-refractivity contribution in [2.45, 2.75) is 25.3 Å². The first-order chi connectivity index (χ1) is 10.4. The first-order valence-corrected chi connectivity index (χ1v) is 7.29. The number of hydrogen-bond acceptors (Lipinski definition) is 2. The molecule has 0 spiro atoms. The molecular weight excluding hydrogens is 312 g/mol. The van der Waals surface area contributed by atoms with Gasteiger partial charge in [0.2, 0.25) is 0 Å². The molecule has 0 radical (unpaired) electrons. The molecule has 1 aliphatic heterocycles. The summed E-state index contributed by atoms with van der Waals surface area (Å²) in [5.74, 6) is -2.74. The number of nitrogens with zero attached hydrogens (tertiary/aromatic N) is 1. The van der Waals surface area contributed by atoms with Gasteiger partial charge in [0.1, 0.15) is 0 Å². The van der Waals surface area contributed by atoms with Crippen molar-refractivity contribution in [2.24, 2.45) is 0 Å². The summed E-state index contributed by atoms with van der Waals surface area (Å²) in [6.07, 6.45) is -0.527. The van der Waals surface area contributed by atoms with Crippen molar-refractivity contribution in [1.29, 1.82) is 10.8 Å². The van der Waals surface area contributed by atoms with Crippen LogP contribution in [0.1, 0.15) is 18.4 Å². The molecule has 1 aromatic rings. The summed E-state index contributed by atoms with van der Waals surface area (Å²) in [6.45, 7) is 0.610. The van der Waals surface area contributed by atoms with Crippen LogP contribution in [0.5, 0.6) is 0 Å². The topological polar surface area (TPSA) is 75.0 Å². The number of halogens is 3. The minimum absolute atomic E-state index is 0.0425. The predicted octanol–water partition coefficient (Wildman–Crippen LogP) is 2.62. The van der Waals surface area contributed by atoms with Crippen LogP contribution in [0.4, 0.5) is 8.78 Å². The van der Waals surface area contributed by atoms with Gasteiger partial charge in [0, 0.05) is 37.5 Å². The van der Waals surface area contributed by atoms with Gasteiger partial charge in [0.15, 0.2) is 11.9 Å². The van der Waals surface area contributed by atoms with Gasteiger partial charge >= 0.3 is 0 Å². The fourth-order valence-electron chi connectivity index (χ4n) is 2.14. The highest BCUT2D eigenvalue weighted by Gasteiger charge is 2.34. The molecule has 0 saturated carbocycles. The van der Waals surface area contributed by atoms with E-state index in [1.165, 1.54) is 4.90 Å². The van der Waals surface area contributed by atoms with Gasteiger partial charge in [-0.3, -0.25) is 16.1 Å². The smallest absolute Gasteiger partial charge is 0.251 e. The lowest BCUT2D eigenvalue weighted by Gasteiger charge is -2.33. The Labute approximate surface area is 132 Å². The van der Waals surface area contributed by atoms with Crippen molar-refractivity contribution in [3.05, 3.63) is 34.9 Å². The monoisotopic (exact) mass is 329 g/mol. The normalized spacial score (nSPS) is 17.0. The number of hydrogen-bond donors (Lipinski definition) is 4. The molecular formula is C14H18ClF2N5. The van der Waals surface area contributed by atoms with Crippen LogP contribution in [0.3, 0.4) is 0 Å². The summed E-state index contributed by atoms with van der Waals surface area (Å²) in [5, 5.41) is 21.6. The number of guanidine groups is 2. The van der Waals surface area contributed by atoms with E-state index >= 15 is 0 Å². The molecule has 5 nitrogen and oxygen atoms in total. The van der Waals surface area contributed by atoms with Crippen molar-refractivity contribution >= 4 is 23.5 Å². The standard InChI is InChI=1S/C14H18ClF2N5/c15-11-3-1-2-10(8-11)9-20-12(18)21-13(19)22-6-4-14(16,17)5-7-22/h1-3,8H,4-7,9H2,(H4,18,19,20,21). The third-order valence-corrected chi connectivity index (χ3v) is 3.65. The SMILES string of the molecule is N=C(NCc1cccc(Cl)c1)NC(=N)N1CCC(F)(F)CC1. The third-order valence-electron chi connectivity index (χ3n) is 3.41. The molecule has 0 aliphatic carbocycles. The first kappa shape index (κ1) is 16.5. The summed E-state index contributed by atoms with van der Waals surface area (Å²) in [4.78, 5) is 1.51. The summed E-state index contributed by atoms with van der Waals surface area (Å²) in [6, 6.07) is 7.22. The number of rotatable bonds is 2. The average molecular weight is 330 g/mol. The largest absolute Gasteiger partial charge is 0.352 e. The van der Waals surface area contributed by atoms with Gasteiger partial charge < -0.3 is 10.2 Å². The Morgan fingerprint density at radius 1 is 1.27 bits per heavy atom. The highest BCUT2D eigenvalue weighted by molar-refractivity contribution is 6.30. The maximum absolute atomic E-state index is 13.1. The van der Waals surface area contributed by atoms with Crippen molar-refractivity contribution < 1.29 is 8.78 Å². The highest BCUT2D eigenvalue weighted by Crippen LogP contribution is 2.27. The quantitative estimate of drug-likeness (QED) is 0.498. The molecule has 0 unspecified atom stereocenters. The minimum atomic E-state index is -2.64. The van der Waals surface area contributed by atoms with Crippen LogP contribution < -0.4 is 10.6 Å². The van der Waals surface area contributed by atoms with Crippen LogP contribution >= 0.6 is 11.6 Å². The lowest BCUT2D eigenvalue weighted by Crippen LogP contribution is -2.51. The molecule has 0 atom stereocenters. The molecule has 4 N–H and O–H groups in total. The molecule has 0 amide bonds. The maximum Gasteiger partial charge on any atom is 0.251 e. The molecule has 1 aromatic carbocycles. The average Bonchev–Trinajstić information content (AvgIpc) is 2.45. The van der Waals surface area contributed by atoms with Crippen molar-refractivity contribution in [3.63, 3.8) is 0 Å². The van der Waals surface area contributed by atoms with Crippen LogP contribution in [0.25, 0.3) is 0 Å². The molecule has 1 fully saturated rings. The summed E-state index contributed by atoms with van der Waals surface area (Å²) < 4.78 is 26.1. The maximum atomic E-state index is 13.1. The molecule has 120 valence electrons. The zero-order chi connectivity index (χ0) is 16.2. The lowest BCUT2D eigenvalue weighted by molar-refractivity contribution is -0.0438. The van der Waals surface area contributed by atoms with E-state index in [2.05, 4.69) is 10.6 Å². The number of alkyl halides is 2. The Morgan fingerprint density at radius 3 is 2.59 bits per heavy atom. The summed E-state index contributed by atoms with van der Waals surface area (Å²) >= 11 is 5.87. The van der Waals surface area contributed by atoms with Gasteiger partial charge in [-0.2, -0.15) is 0 Å². The third kappa shape index (κ3) is 4.84. The molecule has 1 aliphatic rings. The Bertz CT molecular complexity index is 554. The molecule has 0 bridgehead atoms. The molecule has 8 heteroatoms. The second kappa shape index (κ2) is 6.91. The highest BCUT2D eigenvalue weighted by atomic mass is 35.5. The van der Waals surface area contributed by atoms with E-state index in [1.54, 1.807) is 12.1 Å². The van der Waals surface area contributed by atoms with E-state index in [-0.39, 0.29) is 37.9 Å². The van der Waals surface area contributed by atoms with E-state index in [9.17, 15) is 8.78 Å². The van der Waals surface area contributed by atoms with Crippen molar-refractivity contribution in [3.8, 4) is 0 Å². The minimum Gasteiger partial charge on any atom is -0.352 e. The number of piperidine rings is 1. The molecule has 22 heavy (non-hydrogen) atoms. The predicted molar refractivity (Wildman–Crippen MR) is 82.6 cm³/mol. The summed E-state index contributed by atoms with van der Waals surface area (Å²) in [5.41, 5.74) is 0.906. The second-order valence-electron chi connectivity index (χ2n) is 5.18. The van der Waals surface area contributed by atoms with Gasteiger partial charge in [-0.1, -0.05) is 23.7 Å². The van der Waals surface area contributed by atoms with E-state index in [1.807, 2.05) is 12.1 Å². The van der Waals surface area contributed by atoms with Crippen LogP contribution in [-0.2, 0) is 6.54 Å². The van der Waals surface area contributed by atoms with Crippen LogP contribution in [-0.4, -0.2) is 35.8 Å². The van der Waals surface area contributed by atoms with Crippen LogP contribution in [0.15, 0.2) is 24.3 Å². The van der Waals surface area contributed by atoms with Crippen LogP contribution in [0.2, 0.25) is 5.02 Å². The fourth-order valence-corrected chi connectivity index (χ4v) is 2.35. The number of benzene rings is 1. The zero-order valence-corrected chi connectivity index (χ0v) is 12.7. The molecule has 1 saturated heterocycles.